The van der Waals surface area contributed by atoms with Gasteiger partial charge < -0.3 is 10.0 Å². The Morgan fingerprint density at radius 3 is 2.58 bits per heavy atom. The third kappa shape index (κ3) is 2.67. The Labute approximate surface area is 71.5 Å². The van der Waals surface area contributed by atoms with E-state index in [0.29, 0.717) is 6.04 Å². The molecule has 1 fully saturated rings. The lowest BCUT2D eigenvalue weighted by Gasteiger charge is -2.24. The molecule has 0 bridgehead atoms. The van der Waals surface area contributed by atoms with Gasteiger partial charge in [0, 0.05) is 13.1 Å². The van der Waals surface area contributed by atoms with Crippen LogP contribution in [0.1, 0.15) is 19.8 Å². The van der Waals surface area contributed by atoms with Crippen LogP contribution < -0.4 is 11.1 Å². The van der Waals surface area contributed by atoms with Crippen LogP contribution in [0.15, 0.2) is 0 Å². The fraction of sp³-hybridized carbons (Fsp3) is 0.857. The Morgan fingerprint density at radius 2 is 2.25 bits per heavy atom. The molecular formula is C7H15N3O2. The molecule has 1 atom stereocenters. The second-order valence-corrected chi connectivity index (χ2v) is 3.42. The molecule has 0 aromatic rings. The van der Waals surface area contributed by atoms with Gasteiger partial charge in [0.15, 0.2) is 5.85 Å². The van der Waals surface area contributed by atoms with Crippen LogP contribution >= 0.6 is 0 Å². The smallest absolute Gasteiger partial charge is 0.320 e. The van der Waals surface area contributed by atoms with E-state index in [1.807, 2.05) is 0 Å². The van der Waals surface area contributed by atoms with Gasteiger partial charge in [-0.3, -0.25) is 11.1 Å². The van der Waals surface area contributed by atoms with Crippen LogP contribution in [0.4, 0.5) is 4.79 Å². The minimum absolute atomic E-state index is 0.326. The Bertz CT molecular complexity index is 184. The maximum Gasteiger partial charge on any atom is 0.320 e. The van der Waals surface area contributed by atoms with Crippen molar-refractivity contribution in [3.8, 4) is 0 Å². The molecule has 5 heteroatoms. The van der Waals surface area contributed by atoms with Crippen molar-refractivity contribution in [2.24, 2.45) is 5.73 Å². The van der Waals surface area contributed by atoms with E-state index in [4.69, 9.17) is 10.8 Å². The molecule has 0 spiro atoms. The molecule has 0 aromatic heterocycles. The molecule has 0 saturated heterocycles. The summed E-state index contributed by atoms with van der Waals surface area (Å²) in [5, 5.41) is 11.3. The number of nitrogens with zero attached hydrogens (tertiary/aromatic N) is 1. The zero-order valence-electron chi connectivity index (χ0n) is 7.37. The second-order valence-electron chi connectivity index (χ2n) is 3.42. The number of aliphatic hydroxyl groups is 1. The predicted molar refractivity (Wildman–Crippen MR) is 44.1 cm³/mol. The van der Waals surface area contributed by atoms with Gasteiger partial charge in [0.25, 0.3) is 0 Å². The van der Waals surface area contributed by atoms with Gasteiger partial charge >= 0.3 is 6.03 Å². The number of carbonyl (C=O) groups excluding carboxylic acids is 1. The number of urea groups is 1. The van der Waals surface area contributed by atoms with Gasteiger partial charge in [-0.05, 0) is 19.8 Å². The van der Waals surface area contributed by atoms with E-state index >= 15 is 0 Å². The molecule has 1 rings (SSSR count). The van der Waals surface area contributed by atoms with Crippen molar-refractivity contribution in [1.29, 1.82) is 0 Å². The van der Waals surface area contributed by atoms with Crippen LogP contribution in [0.3, 0.4) is 0 Å². The summed E-state index contributed by atoms with van der Waals surface area (Å²) < 4.78 is 0. The standard InChI is InChI=1S/C7H15N3O2/c1-7(8,12)9-6(11)10(2)5-3-4-5/h5,12H,3-4,8H2,1-2H3,(H,9,11). The largest absolute Gasteiger partial charge is 0.359 e. The Balaban J connectivity index is 2.36. The summed E-state index contributed by atoms with van der Waals surface area (Å²) in [5.41, 5.74) is 5.19. The summed E-state index contributed by atoms with van der Waals surface area (Å²) in [4.78, 5) is 12.8. The minimum Gasteiger partial charge on any atom is -0.359 e. The number of nitrogens with two attached hydrogens (primary N) is 1. The van der Waals surface area contributed by atoms with Gasteiger partial charge in [0.05, 0.1) is 0 Å². The highest BCUT2D eigenvalue weighted by Crippen LogP contribution is 2.25. The van der Waals surface area contributed by atoms with E-state index in [-0.39, 0.29) is 6.03 Å². The SMILES string of the molecule is CN(C(=O)NC(C)(N)O)C1CC1. The lowest BCUT2D eigenvalue weighted by atomic mass is 10.5. The first-order valence-electron chi connectivity index (χ1n) is 3.96. The molecule has 70 valence electrons. The molecule has 1 aliphatic carbocycles. The van der Waals surface area contributed by atoms with Gasteiger partial charge in [-0.15, -0.1) is 0 Å². The lowest BCUT2D eigenvalue weighted by molar-refractivity contribution is 0.0367. The van der Waals surface area contributed by atoms with Crippen molar-refractivity contribution in [3.05, 3.63) is 0 Å². The first-order valence-corrected chi connectivity index (χ1v) is 3.96. The van der Waals surface area contributed by atoms with Gasteiger partial charge in [0.2, 0.25) is 0 Å². The zero-order chi connectivity index (χ0) is 9.35. The summed E-state index contributed by atoms with van der Waals surface area (Å²) in [5.74, 6) is -1.62. The number of rotatable bonds is 2. The fourth-order valence-electron chi connectivity index (χ4n) is 0.932. The number of nitrogens with one attached hydrogen (secondary N) is 1. The molecule has 0 aliphatic heterocycles. The second kappa shape index (κ2) is 2.91. The van der Waals surface area contributed by atoms with Gasteiger partial charge in [0.1, 0.15) is 0 Å². The molecule has 5 nitrogen and oxygen atoms in total. The third-order valence-corrected chi connectivity index (χ3v) is 1.77. The number of hydrogen-bond donors (Lipinski definition) is 3. The summed E-state index contributed by atoms with van der Waals surface area (Å²) in [6.07, 6.45) is 2.08. The third-order valence-electron chi connectivity index (χ3n) is 1.77. The normalized spacial score (nSPS) is 21.3. The minimum atomic E-state index is -1.62. The summed E-state index contributed by atoms with van der Waals surface area (Å²) in [6.45, 7) is 1.33. The van der Waals surface area contributed by atoms with E-state index in [9.17, 15) is 4.79 Å². The predicted octanol–water partition coefficient (Wildman–Crippen LogP) is -0.585. The molecule has 1 saturated carbocycles. The Hall–Kier alpha value is -0.810. The Morgan fingerprint density at radius 1 is 1.75 bits per heavy atom. The molecule has 0 radical (unpaired) electrons. The molecule has 2 amide bonds. The van der Waals surface area contributed by atoms with Crippen molar-refractivity contribution in [3.63, 3.8) is 0 Å². The summed E-state index contributed by atoms with van der Waals surface area (Å²) in [7, 11) is 1.69. The van der Waals surface area contributed by atoms with Crippen molar-refractivity contribution >= 4 is 6.03 Å². The first kappa shape index (κ1) is 9.28. The monoisotopic (exact) mass is 173 g/mol. The maximum atomic E-state index is 11.2. The van der Waals surface area contributed by atoms with Crippen molar-refractivity contribution in [2.45, 2.75) is 31.7 Å². The van der Waals surface area contributed by atoms with Crippen molar-refractivity contribution < 1.29 is 9.90 Å². The van der Waals surface area contributed by atoms with Crippen LogP contribution in [0.5, 0.6) is 0 Å². The van der Waals surface area contributed by atoms with Crippen LogP contribution in [0, 0.1) is 0 Å². The van der Waals surface area contributed by atoms with Crippen LogP contribution in [0.2, 0.25) is 0 Å². The highest BCUT2D eigenvalue weighted by atomic mass is 16.3. The lowest BCUT2D eigenvalue weighted by Crippen LogP contribution is -2.56. The van der Waals surface area contributed by atoms with Crippen molar-refractivity contribution in [2.75, 3.05) is 7.05 Å². The van der Waals surface area contributed by atoms with E-state index < -0.39 is 5.85 Å². The summed E-state index contributed by atoms with van der Waals surface area (Å²) >= 11 is 0. The number of amides is 2. The molecule has 1 unspecified atom stereocenters. The molecule has 0 aromatic carbocycles. The highest BCUT2D eigenvalue weighted by Gasteiger charge is 2.31. The number of hydrogen-bond acceptors (Lipinski definition) is 3. The first-order chi connectivity index (χ1) is 5.40. The van der Waals surface area contributed by atoms with Crippen LogP contribution in [-0.4, -0.2) is 35.0 Å². The van der Waals surface area contributed by atoms with E-state index in [0.717, 1.165) is 12.8 Å². The van der Waals surface area contributed by atoms with Crippen LogP contribution in [0.25, 0.3) is 0 Å². The quantitative estimate of drug-likeness (QED) is 0.488. The average Bonchev–Trinajstić information content (AvgIpc) is 2.62. The van der Waals surface area contributed by atoms with E-state index in [1.54, 1.807) is 11.9 Å². The van der Waals surface area contributed by atoms with Gasteiger partial charge in [-0.1, -0.05) is 0 Å². The maximum absolute atomic E-state index is 11.2. The fourth-order valence-corrected chi connectivity index (χ4v) is 0.932. The highest BCUT2D eigenvalue weighted by molar-refractivity contribution is 5.75. The molecule has 0 heterocycles. The van der Waals surface area contributed by atoms with Gasteiger partial charge in [-0.25, -0.2) is 4.79 Å². The van der Waals surface area contributed by atoms with Gasteiger partial charge in [-0.2, -0.15) is 0 Å². The van der Waals surface area contributed by atoms with Crippen LogP contribution in [-0.2, 0) is 0 Å². The summed E-state index contributed by atoms with van der Waals surface area (Å²) in [6, 6.07) is -0.00245. The zero-order valence-corrected chi connectivity index (χ0v) is 7.37. The molecule has 12 heavy (non-hydrogen) atoms. The molecular weight excluding hydrogens is 158 g/mol. The average molecular weight is 173 g/mol. The van der Waals surface area contributed by atoms with E-state index in [1.165, 1.54) is 6.92 Å². The molecule has 1 aliphatic rings. The van der Waals surface area contributed by atoms with E-state index in [2.05, 4.69) is 5.32 Å². The Kier molecular flexibility index (Phi) is 2.25. The topological polar surface area (TPSA) is 78.6 Å². The molecule has 4 N–H and O–H groups in total. The number of carbonyl (C=O) groups is 1. The van der Waals surface area contributed by atoms with Crippen molar-refractivity contribution in [1.82, 2.24) is 10.2 Å².